The third-order valence-electron chi connectivity index (χ3n) is 4.34. The number of hydrogen-bond donors (Lipinski definition) is 0. The lowest BCUT2D eigenvalue weighted by molar-refractivity contribution is -0.263. The predicted molar refractivity (Wildman–Crippen MR) is 95.6 cm³/mol. The quantitative estimate of drug-likeness (QED) is 0.387. The van der Waals surface area contributed by atoms with Gasteiger partial charge in [-0.15, -0.1) is 11.3 Å². The van der Waals surface area contributed by atoms with Crippen molar-refractivity contribution in [3.05, 3.63) is 47.8 Å². The maximum absolute atomic E-state index is 14.3. The standard InChI is InChI=1S/C18H15F7SSi/c1-27(2,3)15-11(9-12(26-15)10-7-5-4-6-8-10)13-14(19)17(22,23)18(24,25)16(13,20)21/h4-9H,1-3H3. The SMILES string of the molecule is C[Si](C)(C)c1sc(-c2ccccc2)cc1C1=C(F)C(F)(F)C(F)(F)C1(F)F. The highest BCUT2D eigenvalue weighted by Gasteiger charge is 2.81. The molecule has 1 aliphatic rings. The summed E-state index contributed by atoms with van der Waals surface area (Å²) in [5, 5.41) is 0. The first-order valence-electron chi connectivity index (χ1n) is 7.97. The van der Waals surface area contributed by atoms with E-state index in [9.17, 15) is 30.7 Å². The number of allylic oxidation sites excluding steroid dienone is 2. The summed E-state index contributed by atoms with van der Waals surface area (Å²) in [4.78, 5) is 0.428. The summed E-state index contributed by atoms with van der Waals surface area (Å²) in [6, 6.07) is 9.57. The molecule has 1 aromatic carbocycles. The highest BCUT2D eigenvalue weighted by Crippen LogP contribution is 2.62. The van der Waals surface area contributed by atoms with Gasteiger partial charge in [0.15, 0.2) is 5.83 Å². The third kappa shape index (κ3) is 2.77. The Hall–Kier alpha value is -1.61. The van der Waals surface area contributed by atoms with E-state index in [0.29, 0.717) is 10.4 Å². The van der Waals surface area contributed by atoms with Crippen molar-refractivity contribution in [2.45, 2.75) is 37.4 Å². The van der Waals surface area contributed by atoms with Gasteiger partial charge in [-0.25, -0.2) is 4.39 Å². The Labute approximate surface area is 156 Å². The number of rotatable bonds is 3. The van der Waals surface area contributed by atoms with Gasteiger partial charge in [0, 0.05) is 4.88 Å². The van der Waals surface area contributed by atoms with Crippen molar-refractivity contribution >= 4 is 29.5 Å². The van der Waals surface area contributed by atoms with Gasteiger partial charge in [-0.1, -0.05) is 50.0 Å². The van der Waals surface area contributed by atoms with Crippen LogP contribution < -0.4 is 4.50 Å². The van der Waals surface area contributed by atoms with E-state index in [2.05, 4.69) is 0 Å². The molecule has 146 valence electrons. The largest absolute Gasteiger partial charge is 0.383 e. The molecule has 3 rings (SSSR count). The van der Waals surface area contributed by atoms with Crippen molar-refractivity contribution < 1.29 is 30.7 Å². The van der Waals surface area contributed by atoms with Gasteiger partial charge in [0.2, 0.25) is 0 Å². The summed E-state index contributed by atoms with van der Waals surface area (Å²) in [6.07, 6.45) is 0. The van der Waals surface area contributed by atoms with Crippen molar-refractivity contribution in [2.75, 3.05) is 0 Å². The molecule has 1 heterocycles. The first kappa shape index (κ1) is 20.1. The van der Waals surface area contributed by atoms with Gasteiger partial charge in [-0.05, 0) is 21.7 Å². The van der Waals surface area contributed by atoms with E-state index in [4.69, 9.17) is 0 Å². The highest BCUT2D eigenvalue weighted by atomic mass is 32.1. The fourth-order valence-electron chi connectivity index (χ4n) is 2.95. The average molecular weight is 424 g/mol. The molecule has 0 atom stereocenters. The molecule has 27 heavy (non-hydrogen) atoms. The molecular weight excluding hydrogens is 409 g/mol. The minimum atomic E-state index is -5.83. The van der Waals surface area contributed by atoms with Gasteiger partial charge < -0.3 is 0 Å². The molecule has 0 spiro atoms. The lowest BCUT2D eigenvalue weighted by atomic mass is 10.0. The monoisotopic (exact) mass is 424 g/mol. The van der Waals surface area contributed by atoms with E-state index in [1.165, 1.54) is 0 Å². The molecule has 0 saturated heterocycles. The van der Waals surface area contributed by atoms with Crippen molar-refractivity contribution in [1.82, 2.24) is 0 Å². The lowest BCUT2D eigenvalue weighted by Crippen LogP contribution is -2.49. The molecule has 0 nitrogen and oxygen atoms in total. The number of thiophene rings is 1. The summed E-state index contributed by atoms with van der Waals surface area (Å²) in [7, 11) is -2.45. The maximum Gasteiger partial charge on any atom is 0.383 e. The Bertz CT molecular complexity index is 908. The first-order chi connectivity index (χ1) is 12.2. The van der Waals surface area contributed by atoms with Gasteiger partial charge in [-0.2, -0.15) is 26.3 Å². The molecule has 1 aromatic heterocycles. The van der Waals surface area contributed by atoms with Crippen LogP contribution in [0, 0.1) is 0 Å². The Morgan fingerprint density at radius 1 is 0.852 bits per heavy atom. The van der Waals surface area contributed by atoms with Crippen molar-refractivity contribution in [1.29, 1.82) is 0 Å². The van der Waals surface area contributed by atoms with Crippen LogP contribution in [0.2, 0.25) is 19.6 Å². The molecular formula is C18H15F7SSi. The molecule has 0 unspecified atom stereocenters. The molecule has 0 saturated carbocycles. The van der Waals surface area contributed by atoms with Crippen LogP contribution in [0.15, 0.2) is 42.2 Å². The molecule has 2 aromatic rings. The smallest absolute Gasteiger partial charge is 0.204 e. The minimum Gasteiger partial charge on any atom is -0.204 e. The van der Waals surface area contributed by atoms with Gasteiger partial charge in [0.1, 0.15) is 0 Å². The summed E-state index contributed by atoms with van der Waals surface area (Å²) < 4.78 is 97.7. The Kier molecular flexibility index (Phi) is 4.43. The molecule has 0 radical (unpaired) electrons. The second-order valence-corrected chi connectivity index (χ2v) is 13.8. The minimum absolute atomic E-state index is 0.264. The molecule has 0 amide bonds. The zero-order chi connectivity index (χ0) is 20.4. The van der Waals surface area contributed by atoms with Crippen LogP contribution in [0.25, 0.3) is 16.0 Å². The van der Waals surface area contributed by atoms with Crippen molar-refractivity contribution in [3.63, 3.8) is 0 Å². The average Bonchev–Trinajstić information content (AvgIpc) is 3.03. The number of benzene rings is 1. The lowest BCUT2D eigenvalue weighted by Gasteiger charge is -2.25. The van der Waals surface area contributed by atoms with Crippen molar-refractivity contribution in [2.24, 2.45) is 0 Å². The Morgan fingerprint density at radius 2 is 1.41 bits per heavy atom. The molecule has 0 fully saturated rings. The van der Waals surface area contributed by atoms with E-state index in [1.54, 1.807) is 50.0 Å². The summed E-state index contributed by atoms with van der Waals surface area (Å²) >= 11 is 1.05. The van der Waals surface area contributed by atoms with Crippen LogP contribution in [0.5, 0.6) is 0 Å². The highest BCUT2D eigenvalue weighted by molar-refractivity contribution is 7.29. The van der Waals surface area contributed by atoms with E-state index in [-0.39, 0.29) is 4.50 Å². The fourth-order valence-corrected chi connectivity index (χ4v) is 6.43. The summed E-state index contributed by atoms with van der Waals surface area (Å²) in [5.74, 6) is -19.5. The predicted octanol–water partition coefficient (Wildman–Crippen LogP) is 6.56. The van der Waals surface area contributed by atoms with Crippen molar-refractivity contribution in [3.8, 4) is 10.4 Å². The van der Waals surface area contributed by atoms with E-state index in [0.717, 1.165) is 17.4 Å². The second-order valence-electron chi connectivity index (χ2n) is 7.38. The fraction of sp³-hybridized carbons (Fsp3) is 0.333. The van der Waals surface area contributed by atoms with Gasteiger partial charge in [0.05, 0.1) is 13.6 Å². The topological polar surface area (TPSA) is 0 Å². The molecule has 0 aliphatic heterocycles. The maximum atomic E-state index is 14.3. The molecule has 9 heteroatoms. The number of hydrogen-bond acceptors (Lipinski definition) is 1. The zero-order valence-electron chi connectivity index (χ0n) is 14.5. The number of halogens is 7. The zero-order valence-corrected chi connectivity index (χ0v) is 16.3. The van der Waals surface area contributed by atoms with Crippen LogP contribution >= 0.6 is 11.3 Å². The van der Waals surface area contributed by atoms with Crippen LogP contribution in [-0.4, -0.2) is 25.8 Å². The molecule has 0 bridgehead atoms. The van der Waals surface area contributed by atoms with Crippen LogP contribution in [-0.2, 0) is 0 Å². The third-order valence-corrected chi connectivity index (χ3v) is 9.11. The molecule has 1 aliphatic carbocycles. The van der Waals surface area contributed by atoms with E-state index in [1.807, 2.05) is 0 Å². The van der Waals surface area contributed by atoms with Crippen LogP contribution in [0.4, 0.5) is 30.7 Å². The van der Waals surface area contributed by atoms with Crippen LogP contribution in [0.1, 0.15) is 5.56 Å². The van der Waals surface area contributed by atoms with Gasteiger partial charge in [-0.3, -0.25) is 0 Å². The normalized spacial score (nSPS) is 21.0. The second kappa shape index (κ2) is 5.94. The first-order valence-corrected chi connectivity index (χ1v) is 12.3. The Balaban J connectivity index is 2.31. The van der Waals surface area contributed by atoms with Gasteiger partial charge in [0.25, 0.3) is 0 Å². The summed E-state index contributed by atoms with van der Waals surface area (Å²) in [6.45, 7) is 5.25. The number of alkyl halides is 6. The molecule has 0 N–H and O–H groups in total. The van der Waals surface area contributed by atoms with E-state index >= 15 is 0 Å². The van der Waals surface area contributed by atoms with Crippen LogP contribution in [0.3, 0.4) is 0 Å². The Morgan fingerprint density at radius 3 is 1.85 bits per heavy atom. The summed E-state index contributed by atoms with van der Waals surface area (Å²) in [5.41, 5.74) is -1.83. The van der Waals surface area contributed by atoms with E-state index < -0.39 is 42.8 Å². The van der Waals surface area contributed by atoms with Gasteiger partial charge >= 0.3 is 17.8 Å².